The van der Waals surface area contributed by atoms with Crippen LogP contribution in [0.2, 0.25) is 5.02 Å². The molecular formula is C16H13ClF4N4O3. The number of benzene rings is 2. The smallest absolute Gasteiger partial charge is 0.383 e. The standard InChI is InChI=1S/C16H13ClF4N4O3/c1-22-13-6-12(24-8-2-3-11(18)10(17)4-8)9(5-14(13)25(27)28)15(26)23-7-16(19,20)21/h2-6,22,24H,7H2,1H3,(H,23,26). The monoisotopic (exact) mass is 420 g/mol. The van der Waals surface area contributed by atoms with Crippen LogP contribution in [0.4, 0.5) is 40.3 Å². The molecule has 0 spiro atoms. The fraction of sp³-hybridized carbons (Fsp3) is 0.188. The molecule has 0 unspecified atom stereocenters. The molecule has 0 aliphatic rings. The van der Waals surface area contributed by atoms with Gasteiger partial charge in [-0.1, -0.05) is 11.6 Å². The molecule has 0 saturated heterocycles. The number of nitrogens with one attached hydrogen (secondary N) is 3. The van der Waals surface area contributed by atoms with E-state index in [0.29, 0.717) is 0 Å². The molecule has 2 rings (SSSR count). The Hall–Kier alpha value is -3.08. The first kappa shape index (κ1) is 21.2. The van der Waals surface area contributed by atoms with Crippen molar-refractivity contribution in [3.8, 4) is 0 Å². The van der Waals surface area contributed by atoms with Gasteiger partial charge in [0.2, 0.25) is 0 Å². The zero-order valence-corrected chi connectivity index (χ0v) is 14.9. The summed E-state index contributed by atoms with van der Waals surface area (Å²) < 4.78 is 50.5. The van der Waals surface area contributed by atoms with Crippen LogP contribution in [0, 0.1) is 15.9 Å². The van der Waals surface area contributed by atoms with Crippen LogP contribution in [0.15, 0.2) is 30.3 Å². The lowest BCUT2D eigenvalue weighted by molar-refractivity contribution is -0.383. The lowest BCUT2D eigenvalue weighted by Crippen LogP contribution is -2.34. The van der Waals surface area contributed by atoms with Crippen LogP contribution in [-0.4, -0.2) is 30.6 Å². The van der Waals surface area contributed by atoms with Crippen molar-refractivity contribution in [3.63, 3.8) is 0 Å². The highest BCUT2D eigenvalue weighted by molar-refractivity contribution is 6.31. The number of alkyl halides is 3. The molecule has 0 aliphatic carbocycles. The van der Waals surface area contributed by atoms with Gasteiger partial charge in [-0.15, -0.1) is 0 Å². The largest absolute Gasteiger partial charge is 0.405 e. The quantitative estimate of drug-likeness (QED) is 0.364. The number of nitro benzene ring substituents is 1. The molecule has 0 saturated carbocycles. The lowest BCUT2D eigenvalue weighted by atomic mass is 10.1. The molecule has 3 N–H and O–H groups in total. The van der Waals surface area contributed by atoms with Crippen LogP contribution in [0.3, 0.4) is 0 Å². The van der Waals surface area contributed by atoms with Gasteiger partial charge < -0.3 is 16.0 Å². The van der Waals surface area contributed by atoms with Crippen LogP contribution < -0.4 is 16.0 Å². The molecule has 2 aromatic carbocycles. The fourth-order valence-electron chi connectivity index (χ4n) is 2.24. The summed E-state index contributed by atoms with van der Waals surface area (Å²) >= 11 is 5.69. The van der Waals surface area contributed by atoms with E-state index in [4.69, 9.17) is 11.6 Å². The summed E-state index contributed by atoms with van der Waals surface area (Å²) in [5.41, 5.74) is -0.740. The number of hydrogen-bond acceptors (Lipinski definition) is 5. The molecule has 0 bridgehead atoms. The molecule has 7 nitrogen and oxygen atoms in total. The fourth-order valence-corrected chi connectivity index (χ4v) is 2.42. The molecule has 0 fully saturated rings. The Bertz CT molecular complexity index is 921. The molecule has 0 aromatic heterocycles. The van der Waals surface area contributed by atoms with Gasteiger partial charge in [0.05, 0.1) is 21.2 Å². The summed E-state index contributed by atoms with van der Waals surface area (Å²) in [6.07, 6.45) is -4.66. The zero-order valence-electron chi connectivity index (χ0n) is 14.2. The molecule has 150 valence electrons. The first-order valence-electron chi connectivity index (χ1n) is 7.59. The lowest BCUT2D eigenvalue weighted by Gasteiger charge is -2.15. The van der Waals surface area contributed by atoms with Crippen molar-refractivity contribution >= 4 is 40.3 Å². The third-order valence-electron chi connectivity index (χ3n) is 3.49. The summed E-state index contributed by atoms with van der Waals surface area (Å²) in [5.74, 6) is -1.88. The molecule has 0 heterocycles. The maximum Gasteiger partial charge on any atom is 0.405 e. The van der Waals surface area contributed by atoms with Gasteiger partial charge >= 0.3 is 6.18 Å². The van der Waals surface area contributed by atoms with Crippen molar-refractivity contribution in [1.29, 1.82) is 0 Å². The van der Waals surface area contributed by atoms with E-state index in [-0.39, 0.29) is 22.1 Å². The third-order valence-corrected chi connectivity index (χ3v) is 3.78. The number of nitro groups is 1. The normalized spacial score (nSPS) is 11.1. The number of nitrogens with zero attached hydrogens (tertiary/aromatic N) is 1. The summed E-state index contributed by atoms with van der Waals surface area (Å²) in [6, 6.07) is 5.52. The highest BCUT2D eigenvalue weighted by Crippen LogP contribution is 2.33. The Kier molecular flexibility index (Phi) is 6.29. The molecule has 0 atom stereocenters. The van der Waals surface area contributed by atoms with Gasteiger partial charge in [0.1, 0.15) is 18.0 Å². The summed E-state index contributed by atoms with van der Waals surface area (Å²) in [4.78, 5) is 22.6. The summed E-state index contributed by atoms with van der Waals surface area (Å²) in [7, 11) is 1.39. The highest BCUT2D eigenvalue weighted by atomic mass is 35.5. The average Bonchev–Trinajstić information content (AvgIpc) is 2.61. The van der Waals surface area contributed by atoms with Gasteiger partial charge in [0.15, 0.2) is 0 Å². The minimum atomic E-state index is -4.66. The van der Waals surface area contributed by atoms with Gasteiger partial charge in [-0.3, -0.25) is 14.9 Å². The van der Waals surface area contributed by atoms with Crippen molar-refractivity contribution < 1.29 is 27.3 Å². The van der Waals surface area contributed by atoms with E-state index in [9.17, 15) is 32.5 Å². The second-order valence-electron chi connectivity index (χ2n) is 5.47. The van der Waals surface area contributed by atoms with Gasteiger partial charge in [0.25, 0.3) is 11.6 Å². The number of rotatable bonds is 6. The predicted octanol–water partition coefficient (Wildman–Crippen LogP) is 4.46. The van der Waals surface area contributed by atoms with Crippen molar-refractivity contribution in [2.45, 2.75) is 6.18 Å². The molecule has 12 heteroatoms. The van der Waals surface area contributed by atoms with E-state index >= 15 is 0 Å². The number of anilines is 3. The highest BCUT2D eigenvalue weighted by Gasteiger charge is 2.29. The first-order valence-corrected chi connectivity index (χ1v) is 7.97. The molecule has 1 amide bonds. The van der Waals surface area contributed by atoms with Crippen LogP contribution in [-0.2, 0) is 0 Å². The Morgan fingerprint density at radius 2 is 1.89 bits per heavy atom. The minimum Gasteiger partial charge on any atom is -0.383 e. The SMILES string of the molecule is CNc1cc(Nc2ccc(F)c(Cl)c2)c(C(=O)NCC(F)(F)F)cc1[N+](=O)[O-]. The first-order chi connectivity index (χ1) is 13.0. The minimum absolute atomic E-state index is 0.00748. The van der Waals surface area contributed by atoms with E-state index in [1.165, 1.54) is 25.2 Å². The van der Waals surface area contributed by atoms with Gasteiger partial charge in [0, 0.05) is 18.8 Å². The van der Waals surface area contributed by atoms with E-state index in [1.807, 2.05) is 0 Å². The van der Waals surface area contributed by atoms with Gasteiger partial charge in [-0.05, 0) is 24.3 Å². The third kappa shape index (κ3) is 5.22. The number of halogens is 5. The van der Waals surface area contributed by atoms with E-state index in [1.54, 1.807) is 5.32 Å². The summed E-state index contributed by atoms with van der Waals surface area (Å²) in [5, 5.41) is 17.9. The van der Waals surface area contributed by atoms with Gasteiger partial charge in [-0.25, -0.2) is 4.39 Å². The second-order valence-corrected chi connectivity index (χ2v) is 5.88. The van der Waals surface area contributed by atoms with Crippen LogP contribution in [0.1, 0.15) is 10.4 Å². The van der Waals surface area contributed by atoms with Crippen molar-refractivity contribution in [1.82, 2.24) is 5.32 Å². The van der Waals surface area contributed by atoms with E-state index in [0.717, 1.165) is 12.1 Å². The molecular weight excluding hydrogens is 408 g/mol. The van der Waals surface area contributed by atoms with Crippen LogP contribution in [0.5, 0.6) is 0 Å². The summed E-state index contributed by atoms with van der Waals surface area (Å²) in [6.45, 7) is -1.62. The van der Waals surface area contributed by atoms with Crippen molar-refractivity contribution in [2.24, 2.45) is 0 Å². The second kappa shape index (κ2) is 8.30. The van der Waals surface area contributed by atoms with Gasteiger partial charge in [-0.2, -0.15) is 13.2 Å². The number of amides is 1. The number of carbonyl (C=O) groups excluding carboxylic acids is 1. The molecule has 0 radical (unpaired) electrons. The Balaban J connectivity index is 2.49. The number of carbonyl (C=O) groups is 1. The Morgan fingerprint density at radius 1 is 1.21 bits per heavy atom. The maximum atomic E-state index is 13.3. The molecule has 0 aliphatic heterocycles. The topological polar surface area (TPSA) is 96.3 Å². The molecule has 28 heavy (non-hydrogen) atoms. The maximum absolute atomic E-state index is 13.3. The Morgan fingerprint density at radius 3 is 2.43 bits per heavy atom. The number of hydrogen-bond donors (Lipinski definition) is 3. The van der Waals surface area contributed by atoms with Crippen molar-refractivity contribution in [3.05, 3.63) is 56.8 Å². The van der Waals surface area contributed by atoms with Crippen LogP contribution >= 0.6 is 11.6 Å². The average molecular weight is 421 g/mol. The zero-order chi connectivity index (χ0) is 21.1. The van der Waals surface area contributed by atoms with Crippen molar-refractivity contribution in [2.75, 3.05) is 24.2 Å². The van der Waals surface area contributed by atoms with E-state index < -0.39 is 40.6 Å². The molecule has 2 aromatic rings. The van der Waals surface area contributed by atoms with E-state index in [2.05, 4.69) is 10.6 Å². The predicted molar refractivity (Wildman–Crippen MR) is 95.7 cm³/mol. The Labute approximate surface area is 160 Å². The van der Waals surface area contributed by atoms with Crippen LogP contribution in [0.25, 0.3) is 0 Å².